The van der Waals surface area contributed by atoms with Crippen molar-refractivity contribution in [3.8, 4) is 10.6 Å². The molecule has 1 N–H and O–H groups in total. The van der Waals surface area contributed by atoms with E-state index in [4.69, 9.17) is 0 Å². The van der Waals surface area contributed by atoms with Gasteiger partial charge in [0.15, 0.2) is 0 Å². The van der Waals surface area contributed by atoms with Gasteiger partial charge in [0, 0.05) is 37.1 Å². The van der Waals surface area contributed by atoms with Gasteiger partial charge in [-0.3, -0.25) is 0 Å². The van der Waals surface area contributed by atoms with Gasteiger partial charge in [-0.25, -0.2) is 9.37 Å². The Kier molecular flexibility index (Phi) is 3.25. The van der Waals surface area contributed by atoms with Gasteiger partial charge in [-0.05, 0) is 12.1 Å². The molecule has 1 aliphatic heterocycles. The highest BCUT2D eigenvalue weighted by Crippen LogP contribution is 2.29. The molecule has 0 amide bonds. The van der Waals surface area contributed by atoms with Gasteiger partial charge < -0.3 is 10.2 Å². The molecule has 0 unspecified atom stereocenters. The Hall–Kier alpha value is -1.46. The van der Waals surface area contributed by atoms with Crippen LogP contribution in [0.25, 0.3) is 10.6 Å². The maximum Gasteiger partial charge on any atom is 0.140 e. The molecule has 3 rings (SSSR count). The molecule has 2 heterocycles. The minimum absolute atomic E-state index is 0.210. The predicted octanol–water partition coefficient (Wildman–Crippen LogP) is 2.36. The third-order valence-corrected chi connectivity index (χ3v) is 3.90. The lowest BCUT2D eigenvalue weighted by molar-refractivity contribution is 0.586. The van der Waals surface area contributed by atoms with Crippen LogP contribution < -0.4 is 10.2 Å². The van der Waals surface area contributed by atoms with Crippen LogP contribution >= 0.6 is 11.3 Å². The summed E-state index contributed by atoms with van der Waals surface area (Å²) >= 11 is 1.50. The lowest BCUT2D eigenvalue weighted by Crippen LogP contribution is -2.43. The molecule has 0 aliphatic carbocycles. The van der Waals surface area contributed by atoms with Crippen LogP contribution in [0.1, 0.15) is 0 Å². The second-order valence-electron chi connectivity index (χ2n) is 4.23. The molecule has 1 aromatic heterocycles. The Morgan fingerprint density at radius 3 is 2.78 bits per heavy atom. The second kappa shape index (κ2) is 5.04. The zero-order chi connectivity index (χ0) is 12.4. The van der Waals surface area contributed by atoms with Gasteiger partial charge in [0.1, 0.15) is 16.6 Å². The molecule has 1 aliphatic rings. The van der Waals surface area contributed by atoms with E-state index < -0.39 is 0 Å². The van der Waals surface area contributed by atoms with Crippen molar-refractivity contribution in [2.45, 2.75) is 0 Å². The Balaban J connectivity index is 1.87. The zero-order valence-electron chi connectivity index (χ0n) is 9.90. The SMILES string of the molecule is Fc1ccccc1-c1nc(N2CCNCC2)cs1. The van der Waals surface area contributed by atoms with Crippen LogP contribution in [0.3, 0.4) is 0 Å². The molecule has 1 aromatic carbocycles. The third kappa shape index (κ3) is 2.23. The first-order chi connectivity index (χ1) is 8.84. The van der Waals surface area contributed by atoms with Crippen molar-refractivity contribution in [2.24, 2.45) is 0 Å². The van der Waals surface area contributed by atoms with E-state index >= 15 is 0 Å². The maximum absolute atomic E-state index is 13.7. The number of hydrogen-bond acceptors (Lipinski definition) is 4. The van der Waals surface area contributed by atoms with Crippen molar-refractivity contribution in [3.05, 3.63) is 35.5 Å². The number of rotatable bonds is 2. The molecule has 5 heteroatoms. The van der Waals surface area contributed by atoms with E-state index in [9.17, 15) is 4.39 Å². The van der Waals surface area contributed by atoms with E-state index in [0.717, 1.165) is 37.0 Å². The van der Waals surface area contributed by atoms with Crippen molar-refractivity contribution in [1.29, 1.82) is 0 Å². The fourth-order valence-corrected chi connectivity index (χ4v) is 2.92. The van der Waals surface area contributed by atoms with Crippen molar-refractivity contribution in [1.82, 2.24) is 10.3 Å². The number of nitrogens with one attached hydrogen (secondary N) is 1. The van der Waals surface area contributed by atoms with Crippen LogP contribution in [-0.2, 0) is 0 Å². The van der Waals surface area contributed by atoms with E-state index in [1.54, 1.807) is 12.1 Å². The van der Waals surface area contributed by atoms with Crippen molar-refractivity contribution < 1.29 is 4.39 Å². The summed E-state index contributed by atoms with van der Waals surface area (Å²) in [4.78, 5) is 6.78. The lowest BCUT2D eigenvalue weighted by Gasteiger charge is -2.27. The largest absolute Gasteiger partial charge is 0.353 e. The van der Waals surface area contributed by atoms with Gasteiger partial charge in [0.05, 0.1) is 0 Å². The van der Waals surface area contributed by atoms with Crippen LogP contribution in [0.5, 0.6) is 0 Å². The lowest BCUT2D eigenvalue weighted by atomic mass is 10.2. The molecular weight excluding hydrogens is 249 g/mol. The molecule has 0 spiro atoms. The van der Waals surface area contributed by atoms with E-state index in [-0.39, 0.29) is 5.82 Å². The standard InChI is InChI=1S/C13H14FN3S/c14-11-4-2-1-3-10(11)13-16-12(9-18-13)17-7-5-15-6-8-17/h1-4,9,15H,5-8H2. The molecule has 3 nitrogen and oxygen atoms in total. The van der Waals surface area contributed by atoms with Crippen LogP contribution in [0.2, 0.25) is 0 Å². The third-order valence-electron chi connectivity index (χ3n) is 3.04. The highest BCUT2D eigenvalue weighted by atomic mass is 32.1. The summed E-state index contributed by atoms with van der Waals surface area (Å²) in [5, 5.41) is 6.06. The van der Waals surface area contributed by atoms with Crippen molar-refractivity contribution >= 4 is 17.2 Å². The summed E-state index contributed by atoms with van der Waals surface area (Å²) < 4.78 is 13.7. The monoisotopic (exact) mass is 263 g/mol. The van der Waals surface area contributed by atoms with Crippen LogP contribution in [0.4, 0.5) is 10.2 Å². The fraction of sp³-hybridized carbons (Fsp3) is 0.308. The van der Waals surface area contributed by atoms with Gasteiger partial charge in [0.2, 0.25) is 0 Å². The molecule has 0 bridgehead atoms. The van der Waals surface area contributed by atoms with E-state index in [1.807, 2.05) is 11.4 Å². The quantitative estimate of drug-likeness (QED) is 0.901. The number of benzene rings is 1. The molecule has 1 saturated heterocycles. The van der Waals surface area contributed by atoms with Gasteiger partial charge in [-0.1, -0.05) is 12.1 Å². The predicted molar refractivity (Wildman–Crippen MR) is 72.6 cm³/mol. The summed E-state index contributed by atoms with van der Waals surface area (Å²) in [6, 6.07) is 6.78. The summed E-state index contributed by atoms with van der Waals surface area (Å²) in [6.45, 7) is 3.88. The fourth-order valence-electron chi connectivity index (χ4n) is 2.06. The van der Waals surface area contributed by atoms with E-state index in [2.05, 4.69) is 15.2 Å². The first-order valence-electron chi connectivity index (χ1n) is 6.01. The van der Waals surface area contributed by atoms with Crippen LogP contribution in [0.15, 0.2) is 29.6 Å². The van der Waals surface area contributed by atoms with E-state index in [1.165, 1.54) is 17.4 Å². The molecule has 0 atom stereocenters. The summed E-state index contributed by atoms with van der Waals surface area (Å²) in [7, 11) is 0. The number of aromatic nitrogens is 1. The summed E-state index contributed by atoms with van der Waals surface area (Å²) in [5.74, 6) is 0.749. The molecule has 2 aromatic rings. The molecule has 18 heavy (non-hydrogen) atoms. The highest BCUT2D eigenvalue weighted by Gasteiger charge is 2.15. The van der Waals surface area contributed by atoms with Crippen molar-refractivity contribution in [3.63, 3.8) is 0 Å². The Bertz CT molecular complexity index is 535. The Morgan fingerprint density at radius 2 is 2.00 bits per heavy atom. The smallest absolute Gasteiger partial charge is 0.140 e. The second-order valence-corrected chi connectivity index (χ2v) is 5.09. The van der Waals surface area contributed by atoms with Gasteiger partial charge in [-0.2, -0.15) is 0 Å². The maximum atomic E-state index is 13.7. The van der Waals surface area contributed by atoms with Crippen LogP contribution in [0, 0.1) is 5.82 Å². The number of piperazine rings is 1. The minimum atomic E-state index is -0.210. The Labute approximate surface area is 109 Å². The molecule has 0 saturated carbocycles. The zero-order valence-corrected chi connectivity index (χ0v) is 10.7. The molecule has 94 valence electrons. The summed E-state index contributed by atoms with van der Waals surface area (Å²) in [5.41, 5.74) is 0.587. The number of hydrogen-bond donors (Lipinski definition) is 1. The van der Waals surface area contributed by atoms with Crippen molar-refractivity contribution in [2.75, 3.05) is 31.1 Å². The van der Waals surface area contributed by atoms with Gasteiger partial charge >= 0.3 is 0 Å². The first kappa shape index (κ1) is 11.6. The number of nitrogens with zero attached hydrogens (tertiary/aromatic N) is 2. The molecule has 0 radical (unpaired) electrons. The van der Waals surface area contributed by atoms with Gasteiger partial charge in [0.25, 0.3) is 0 Å². The van der Waals surface area contributed by atoms with E-state index in [0.29, 0.717) is 5.56 Å². The minimum Gasteiger partial charge on any atom is -0.353 e. The number of anilines is 1. The average Bonchev–Trinajstić information content (AvgIpc) is 2.90. The normalized spacial score (nSPS) is 15.9. The number of halogens is 1. The molecule has 1 fully saturated rings. The Morgan fingerprint density at radius 1 is 1.22 bits per heavy atom. The summed E-state index contributed by atoms with van der Waals surface area (Å²) in [6.07, 6.45) is 0. The highest BCUT2D eigenvalue weighted by molar-refractivity contribution is 7.13. The first-order valence-corrected chi connectivity index (χ1v) is 6.88. The molecular formula is C13H14FN3S. The van der Waals surface area contributed by atoms with Gasteiger partial charge in [-0.15, -0.1) is 11.3 Å². The number of thiazole rings is 1. The topological polar surface area (TPSA) is 28.2 Å². The van der Waals surface area contributed by atoms with Crippen LogP contribution in [-0.4, -0.2) is 31.2 Å². The average molecular weight is 263 g/mol.